The molecule has 4 heteroatoms. The van der Waals surface area contributed by atoms with E-state index < -0.39 is 0 Å². The first-order valence-electron chi connectivity index (χ1n) is 5.11. The Bertz CT molecular complexity index is 249. The zero-order valence-electron chi connectivity index (χ0n) is 9.04. The molecular weight excluding hydrogens is 180 g/mol. The third-order valence-electron chi connectivity index (χ3n) is 3.70. The first kappa shape index (κ1) is 9.93. The van der Waals surface area contributed by atoms with Gasteiger partial charge in [0.25, 0.3) is 0 Å². The van der Waals surface area contributed by atoms with E-state index in [2.05, 4.69) is 26.1 Å². The predicted octanol–water partition coefficient (Wildman–Crippen LogP) is 0.537. The molecule has 2 rings (SSSR count). The zero-order chi connectivity index (χ0) is 10.4. The van der Waals surface area contributed by atoms with Gasteiger partial charge in [-0.3, -0.25) is 4.79 Å². The highest BCUT2D eigenvalue weighted by Gasteiger charge is 2.58. The van der Waals surface area contributed by atoms with Crippen molar-refractivity contribution >= 4 is 6.47 Å². The first-order chi connectivity index (χ1) is 6.49. The van der Waals surface area contributed by atoms with Crippen molar-refractivity contribution in [3.8, 4) is 0 Å². The second-order valence-corrected chi connectivity index (χ2v) is 5.33. The molecule has 2 heterocycles. The zero-order valence-corrected chi connectivity index (χ0v) is 9.04. The fourth-order valence-corrected chi connectivity index (χ4v) is 2.70. The molecule has 0 radical (unpaired) electrons. The summed E-state index contributed by atoms with van der Waals surface area (Å²) in [6.45, 7) is 8.86. The van der Waals surface area contributed by atoms with Crippen molar-refractivity contribution in [2.45, 2.75) is 38.8 Å². The third-order valence-corrected chi connectivity index (χ3v) is 3.70. The Kier molecular flexibility index (Phi) is 2.08. The van der Waals surface area contributed by atoms with Crippen LogP contribution in [-0.2, 0) is 9.63 Å². The van der Waals surface area contributed by atoms with E-state index in [1.54, 1.807) is 0 Å². The van der Waals surface area contributed by atoms with Crippen molar-refractivity contribution in [3.63, 3.8) is 0 Å². The van der Waals surface area contributed by atoms with E-state index in [0.29, 0.717) is 12.5 Å². The van der Waals surface area contributed by atoms with Crippen LogP contribution in [0, 0.1) is 5.41 Å². The molecule has 2 bridgehead atoms. The number of fused-ring (bicyclic) bond motifs is 2. The largest absolute Gasteiger partial charge is 0.370 e. The van der Waals surface area contributed by atoms with Gasteiger partial charge < -0.3 is 10.2 Å². The molecule has 2 aliphatic rings. The molecule has 2 fully saturated rings. The lowest BCUT2D eigenvalue weighted by atomic mass is 9.73. The van der Waals surface area contributed by atoms with Gasteiger partial charge in [0.15, 0.2) is 0 Å². The number of nitrogens with zero attached hydrogens (tertiary/aromatic N) is 1. The van der Waals surface area contributed by atoms with E-state index in [1.807, 2.05) is 5.06 Å². The smallest absolute Gasteiger partial charge is 0.313 e. The number of carbonyl (C=O) groups excluding carboxylic acids is 1. The van der Waals surface area contributed by atoms with Crippen LogP contribution in [0.4, 0.5) is 0 Å². The van der Waals surface area contributed by atoms with Crippen molar-refractivity contribution in [1.82, 2.24) is 10.4 Å². The number of hydrogen-bond donors (Lipinski definition) is 1. The highest BCUT2D eigenvalue weighted by molar-refractivity contribution is 5.37. The van der Waals surface area contributed by atoms with Crippen LogP contribution in [0.1, 0.15) is 27.2 Å². The van der Waals surface area contributed by atoms with Crippen molar-refractivity contribution in [2.75, 3.05) is 13.1 Å². The van der Waals surface area contributed by atoms with Crippen molar-refractivity contribution in [1.29, 1.82) is 0 Å². The molecule has 1 N–H and O–H groups in total. The number of nitrogens with one attached hydrogen (secondary N) is 1. The number of hydroxylamine groups is 2. The van der Waals surface area contributed by atoms with Gasteiger partial charge in [0.2, 0.25) is 0 Å². The van der Waals surface area contributed by atoms with Crippen LogP contribution in [0.25, 0.3) is 0 Å². The lowest BCUT2D eigenvalue weighted by Crippen LogP contribution is -2.59. The molecule has 0 spiro atoms. The number of hydrogen-bond acceptors (Lipinski definition) is 4. The topological polar surface area (TPSA) is 41.6 Å². The maximum atomic E-state index is 10.4. The van der Waals surface area contributed by atoms with Crippen LogP contribution in [0.15, 0.2) is 0 Å². The molecule has 0 unspecified atom stereocenters. The standard InChI is InChI=1S/C10H18N2O2/c1-9(2,3)10-4-8(11-6-10)5-12(10)14-7-13/h7-8,11H,4-6H2,1-3H3/t8-,10+/m1/s1. The molecule has 4 nitrogen and oxygen atoms in total. The summed E-state index contributed by atoms with van der Waals surface area (Å²) in [6, 6.07) is 0.481. The Balaban J connectivity index is 2.25. The minimum Gasteiger partial charge on any atom is -0.370 e. The van der Waals surface area contributed by atoms with Gasteiger partial charge in [-0.25, -0.2) is 0 Å². The van der Waals surface area contributed by atoms with Crippen molar-refractivity contribution < 1.29 is 9.63 Å². The Labute approximate surface area is 84.6 Å². The quantitative estimate of drug-likeness (QED) is 0.657. The van der Waals surface area contributed by atoms with E-state index in [0.717, 1.165) is 19.5 Å². The maximum Gasteiger partial charge on any atom is 0.313 e. The minimum atomic E-state index is -0.0153. The van der Waals surface area contributed by atoms with Crippen molar-refractivity contribution in [2.24, 2.45) is 5.41 Å². The van der Waals surface area contributed by atoms with Gasteiger partial charge in [-0.15, -0.1) is 5.06 Å². The number of piperazine rings is 1. The molecule has 0 amide bonds. The summed E-state index contributed by atoms with van der Waals surface area (Å²) in [6.07, 6.45) is 1.07. The summed E-state index contributed by atoms with van der Waals surface area (Å²) in [5.41, 5.74) is 0.104. The third kappa shape index (κ3) is 1.17. The highest BCUT2D eigenvalue weighted by atomic mass is 16.7. The van der Waals surface area contributed by atoms with Crippen LogP contribution in [0.5, 0.6) is 0 Å². The summed E-state index contributed by atoms with van der Waals surface area (Å²) in [5.74, 6) is 0. The molecular formula is C10H18N2O2. The average molecular weight is 198 g/mol. The molecule has 0 aromatic carbocycles. The summed E-state index contributed by atoms with van der Waals surface area (Å²) in [4.78, 5) is 15.5. The SMILES string of the molecule is CC(C)(C)[C@]12CN[C@@H](CN1OC=O)C2. The van der Waals surface area contributed by atoms with Crippen LogP contribution >= 0.6 is 0 Å². The highest BCUT2D eigenvalue weighted by Crippen LogP contribution is 2.46. The van der Waals surface area contributed by atoms with E-state index in [-0.39, 0.29) is 11.0 Å². The normalized spacial score (nSPS) is 37.5. The van der Waals surface area contributed by atoms with Gasteiger partial charge in [-0.1, -0.05) is 20.8 Å². The molecule has 0 aliphatic carbocycles. The van der Waals surface area contributed by atoms with Crippen LogP contribution in [0.3, 0.4) is 0 Å². The molecule has 14 heavy (non-hydrogen) atoms. The van der Waals surface area contributed by atoms with Gasteiger partial charge in [-0.05, 0) is 11.8 Å². The molecule has 2 saturated heterocycles. The van der Waals surface area contributed by atoms with E-state index >= 15 is 0 Å². The first-order valence-corrected chi connectivity index (χ1v) is 5.11. The molecule has 0 aromatic heterocycles. The van der Waals surface area contributed by atoms with Gasteiger partial charge in [0, 0.05) is 12.6 Å². The predicted molar refractivity (Wildman–Crippen MR) is 52.4 cm³/mol. The Morgan fingerprint density at radius 3 is 2.79 bits per heavy atom. The Morgan fingerprint density at radius 1 is 1.57 bits per heavy atom. The lowest BCUT2D eigenvalue weighted by molar-refractivity contribution is -0.215. The molecule has 0 saturated carbocycles. The minimum absolute atomic E-state index is 0.0153. The van der Waals surface area contributed by atoms with E-state index in [1.165, 1.54) is 0 Å². The van der Waals surface area contributed by atoms with Crippen LogP contribution in [0.2, 0.25) is 0 Å². The van der Waals surface area contributed by atoms with Gasteiger partial charge >= 0.3 is 6.47 Å². The van der Waals surface area contributed by atoms with E-state index in [4.69, 9.17) is 4.84 Å². The monoisotopic (exact) mass is 198 g/mol. The van der Waals surface area contributed by atoms with Crippen LogP contribution < -0.4 is 5.32 Å². The van der Waals surface area contributed by atoms with Crippen LogP contribution in [-0.4, -0.2) is 36.2 Å². The molecule has 2 atom stereocenters. The fourth-order valence-electron chi connectivity index (χ4n) is 2.70. The fraction of sp³-hybridized carbons (Fsp3) is 0.900. The van der Waals surface area contributed by atoms with Gasteiger partial charge in [0.05, 0.1) is 12.1 Å². The average Bonchev–Trinajstić information content (AvgIpc) is 2.61. The van der Waals surface area contributed by atoms with Gasteiger partial charge in [0.1, 0.15) is 0 Å². The lowest BCUT2D eigenvalue weighted by Gasteiger charge is -2.45. The summed E-state index contributed by atoms with van der Waals surface area (Å²) < 4.78 is 0. The molecule has 2 aliphatic heterocycles. The van der Waals surface area contributed by atoms with Gasteiger partial charge in [-0.2, -0.15) is 0 Å². The summed E-state index contributed by atoms with van der Waals surface area (Å²) >= 11 is 0. The molecule has 0 aromatic rings. The summed E-state index contributed by atoms with van der Waals surface area (Å²) in [7, 11) is 0. The Hall–Kier alpha value is -0.610. The maximum absolute atomic E-state index is 10.4. The second-order valence-electron chi connectivity index (χ2n) is 5.33. The Morgan fingerprint density at radius 2 is 2.29 bits per heavy atom. The second kappa shape index (κ2) is 2.94. The molecule has 80 valence electrons. The number of rotatable bonds is 2. The summed E-state index contributed by atoms with van der Waals surface area (Å²) in [5, 5.41) is 5.32. The van der Waals surface area contributed by atoms with E-state index in [9.17, 15) is 4.79 Å². The van der Waals surface area contributed by atoms with Crippen molar-refractivity contribution in [3.05, 3.63) is 0 Å². The number of carbonyl (C=O) groups is 1.